The first-order valence-corrected chi connectivity index (χ1v) is 10.8. The van der Waals surface area contributed by atoms with Crippen molar-refractivity contribution in [3.63, 3.8) is 0 Å². The van der Waals surface area contributed by atoms with Gasteiger partial charge in [-0.05, 0) is 48.9 Å². The summed E-state index contributed by atoms with van der Waals surface area (Å²) in [6, 6.07) is 11.1. The zero-order valence-corrected chi connectivity index (χ0v) is 18.1. The van der Waals surface area contributed by atoms with E-state index in [1.54, 1.807) is 12.4 Å². The molecule has 1 fully saturated rings. The van der Waals surface area contributed by atoms with Crippen molar-refractivity contribution in [2.75, 3.05) is 39.3 Å². The quantitative estimate of drug-likeness (QED) is 0.641. The Labute approximate surface area is 182 Å². The Balaban J connectivity index is 1.68. The van der Waals surface area contributed by atoms with Crippen molar-refractivity contribution >= 4 is 17.4 Å². The number of aromatic nitrogens is 1. The van der Waals surface area contributed by atoms with Gasteiger partial charge in [0.05, 0.1) is 18.7 Å². The van der Waals surface area contributed by atoms with Gasteiger partial charge >= 0.3 is 0 Å². The summed E-state index contributed by atoms with van der Waals surface area (Å²) < 4.78 is 5.54. The summed E-state index contributed by atoms with van der Waals surface area (Å²) in [4.78, 5) is 36.7. The van der Waals surface area contributed by atoms with Gasteiger partial charge in [-0.3, -0.25) is 19.5 Å². The molecule has 1 aromatic carbocycles. The molecule has 4 rings (SSSR count). The van der Waals surface area contributed by atoms with Crippen LogP contribution in [0.4, 0.5) is 0 Å². The largest absolute Gasteiger partial charge is 0.494 e. The second kappa shape index (κ2) is 9.31. The predicted molar refractivity (Wildman–Crippen MR) is 118 cm³/mol. The minimum absolute atomic E-state index is 0.226. The number of ether oxygens (including phenoxy) is 1. The number of hydrogen-bond acceptors (Lipinski definition) is 6. The Morgan fingerprint density at radius 3 is 2.19 bits per heavy atom. The summed E-state index contributed by atoms with van der Waals surface area (Å²) in [5, 5.41) is 0. The first-order valence-electron chi connectivity index (χ1n) is 10.8. The first-order chi connectivity index (χ1) is 15.1. The molecule has 3 heterocycles. The third kappa shape index (κ3) is 4.32. The lowest BCUT2D eigenvalue weighted by molar-refractivity contribution is -0.138. The van der Waals surface area contributed by atoms with Gasteiger partial charge in [0.15, 0.2) is 0 Å². The fraction of sp³-hybridized carbons (Fsp3) is 0.375. The van der Waals surface area contributed by atoms with E-state index < -0.39 is 0 Å². The molecular weight excluding hydrogens is 392 g/mol. The standard InChI is InChI=1S/C24H28N4O3/c1-3-26-13-15-27(16-14-26)22-21(19-5-7-20(8-6-19)31-4-2)23(29)28(24(22)30)17-18-9-11-25-12-10-18/h5-12H,3-4,13-17H2,1-2H3. The van der Waals surface area contributed by atoms with Crippen LogP contribution >= 0.6 is 0 Å². The Bertz CT molecular complexity index is 964. The molecule has 31 heavy (non-hydrogen) atoms. The van der Waals surface area contributed by atoms with Gasteiger partial charge in [0.2, 0.25) is 0 Å². The molecule has 0 bridgehead atoms. The number of hydrogen-bond donors (Lipinski definition) is 0. The highest BCUT2D eigenvalue weighted by Crippen LogP contribution is 2.33. The van der Waals surface area contributed by atoms with Crippen molar-refractivity contribution in [2.24, 2.45) is 0 Å². The van der Waals surface area contributed by atoms with E-state index in [0.29, 0.717) is 17.9 Å². The molecule has 2 aliphatic rings. The normalized spacial score (nSPS) is 17.6. The van der Waals surface area contributed by atoms with Crippen LogP contribution in [0.2, 0.25) is 0 Å². The van der Waals surface area contributed by atoms with E-state index >= 15 is 0 Å². The highest BCUT2D eigenvalue weighted by atomic mass is 16.5. The number of carbonyl (C=O) groups excluding carboxylic acids is 2. The van der Waals surface area contributed by atoms with Crippen LogP contribution in [0.3, 0.4) is 0 Å². The summed E-state index contributed by atoms with van der Waals surface area (Å²) in [6.07, 6.45) is 3.35. The van der Waals surface area contributed by atoms with Crippen molar-refractivity contribution in [3.05, 3.63) is 65.6 Å². The third-order valence-electron chi connectivity index (χ3n) is 5.82. The molecule has 0 N–H and O–H groups in total. The number of pyridine rings is 1. The Hall–Kier alpha value is -3.19. The average Bonchev–Trinajstić information content (AvgIpc) is 3.05. The van der Waals surface area contributed by atoms with E-state index in [1.807, 2.05) is 43.3 Å². The zero-order chi connectivity index (χ0) is 21.8. The molecule has 7 nitrogen and oxygen atoms in total. The Kier molecular flexibility index (Phi) is 6.32. The van der Waals surface area contributed by atoms with E-state index in [2.05, 4.69) is 21.7 Å². The molecule has 0 unspecified atom stereocenters. The third-order valence-corrected chi connectivity index (χ3v) is 5.82. The highest BCUT2D eigenvalue weighted by molar-refractivity contribution is 6.35. The van der Waals surface area contributed by atoms with Gasteiger partial charge in [-0.25, -0.2) is 0 Å². The molecule has 7 heteroatoms. The molecule has 0 spiro atoms. The molecule has 0 radical (unpaired) electrons. The molecule has 2 aromatic rings. The van der Waals surface area contributed by atoms with Crippen LogP contribution in [-0.4, -0.2) is 70.8 Å². The summed E-state index contributed by atoms with van der Waals surface area (Å²) in [5.74, 6) is 0.268. The smallest absolute Gasteiger partial charge is 0.278 e. The maximum absolute atomic E-state index is 13.5. The number of benzene rings is 1. The van der Waals surface area contributed by atoms with Gasteiger partial charge in [-0.2, -0.15) is 0 Å². The molecule has 1 aromatic heterocycles. The van der Waals surface area contributed by atoms with Crippen molar-refractivity contribution < 1.29 is 14.3 Å². The molecule has 0 saturated carbocycles. The first kappa shape index (κ1) is 21.1. The number of nitrogens with zero attached hydrogens (tertiary/aromatic N) is 4. The van der Waals surface area contributed by atoms with Gasteiger partial charge < -0.3 is 14.5 Å². The monoisotopic (exact) mass is 420 g/mol. The van der Waals surface area contributed by atoms with Gasteiger partial charge in [0.1, 0.15) is 11.4 Å². The molecule has 0 aliphatic carbocycles. The zero-order valence-electron chi connectivity index (χ0n) is 18.1. The lowest BCUT2D eigenvalue weighted by atomic mass is 10.0. The summed E-state index contributed by atoms with van der Waals surface area (Å²) in [6.45, 7) is 9.08. The van der Waals surface area contributed by atoms with E-state index in [9.17, 15) is 9.59 Å². The lowest BCUT2D eigenvalue weighted by Crippen LogP contribution is -2.47. The minimum Gasteiger partial charge on any atom is -0.494 e. The maximum Gasteiger partial charge on any atom is 0.278 e. The van der Waals surface area contributed by atoms with Gasteiger partial charge in [-0.15, -0.1) is 0 Å². The van der Waals surface area contributed by atoms with Crippen molar-refractivity contribution in [2.45, 2.75) is 20.4 Å². The number of carbonyl (C=O) groups is 2. The van der Waals surface area contributed by atoms with Crippen molar-refractivity contribution in [1.29, 1.82) is 0 Å². The number of rotatable bonds is 7. The second-order valence-corrected chi connectivity index (χ2v) is 7.65. The predicted octanol–water partition coefficient (Wildman–Crippen LogP) is 2.40. The maximum atomic E-state index is 13.5. The van der Waals surface area contributed by atoms with Crippen LogP contribution in [0, 0.1) is 0 Å². The van der Waals surface area contributed by atoms with E-state index in [4.69, 9.17) is 4.74 Å². The average molecular weight is 421 g/mol. The number of amides is 2. The van der Waals surface area contributed by atoms with Gasteiger partial charge in [0.25, 0.3) is 11.8 Å². The second-order valence-electron chi connectivity index (χ2n) is 7.65. The van der Waals surface area contributed by atoms with E-state index in [1.165, 1.54) is 4.90 Å². The molecule has 2 aliphatic heterocycles. The fourth-order valence-electron chi connectivity index (χ4n) is 4.10. The lowest BCUT2D eigenvalue weighted by Gasteiger charge is -2.36. The summed E-state index contributed by atoms with van der Waals surface area (Å²) in [7, 11) is 0. The molecule has 162 valence electrons. The molecule has 2 amide bonds. The Morgan fingerprint density at radius 2 is 1.58 bits per heavy atom. The van der Waals surface area contributed by atoms with Crippen LogP contribution in [0.25, 0.3) is 5.57 Å². The van der Waals surface area contributed by atoms with E-state index in [-0.39, 0.29) is 18.4 Å². The number of piperazine rings is 1. The number of imide groups is 1. The van der Waals surface area contributed by atoms with Crippen molar-refractivity contribution in [1.82, 2.24) is 19.7 Å². The van der Waals surface area contributed by atoms with Crippen LogP contribution in [0.1, 0.15) is 25.0 Å². The van der Waals surface area contributed by atoms with E-state index in [0.717, 1.165) is 49.6 Å². The van der Waals surface area contributed by atoms with Crippen LogP contribution in [-0.2, 0) is 16.1 Å². The van der Waals surface area contributed by atoms with Crippen molar-refractivity contribution in [3.8, 4) is 5.75 Å². The Morgan fingerprint density at radius 1 is 0.903 bits per heavy atom. The van der Waals surface area contributed by atoms with Crippen LogP contribution < -0.4 is 4.74 Å². The van der Waals surface area contributed by atoms with Gasteiger partial charge in [-0.1, -0.05) is 19.1 Å². The highest BCUT2D eigenvalue weighted by Gasteiger charge is 2.42. The fourth-order valence-corrected chi connectivity index (χ4v) is 4.10. The van der Waals surface area contributed by atoms with Crippen LogP contribution in [0.5, 0.6) is 5.75 Å². The topological polar surface area (TPSA) is 66.0 Å². The summed E-state index contributed by atoms with van der Waals surface area (Å²) in [5.41, 5.74) is 2.61. The SMILES string of the molecule is CCOc1ccc(C2=C(N3CCN(CC)CC3)C(=O)N(Cc3ccncc3)C2=O)cc1. The van der Waals surface area contributed by atoms with Crippen LogP contribution in [0.15, 0.2) is 54.5 Å². The molecular formula is C24H28N4O3. The molecule has 1 saturated heterocycles. The molecule has 0 atom stereocenters. The summed E-state index contributed by atoms with van der Waals surface area (Å²) >= 11 is 0. The number of likely N-dealkylation sites (N-methyl/N-ethyl adjacent to an activating group) is 1. The minimum atomic E-state index is -0.251. The van der Waals surface area contributed by atoms with Gasteiger partial charge in [0, 0.05) is 38.6 Å².